The molecule has 0 atom stereocenters. The van der Waals surface area contributed by atoms with E-state index in [1.807, 2.05) is 6.07 Å². The Kier molecular flexibility index (Phi) is 1.93. The van der Waals surface area contributed by atoms with Crippen molar-refractivity contribution in [1.29, 1.82) is 0 Å². The fourth-order valence-electron chi connectivity index (χ4n) is 1.73. The maximum absolute atomic E-state index is 8.38. The Morgan fingerprint density at radius 3 is 3.15 bits per heavy atom. The minimum Gasteiger partial charge on any atom is -0.411 e. The van der Waals surface area contributed by atoms with E-state index in [1.165, 1.54) is 17.5 Å². The molecule has 0 aliphatic carbocycles. The molecule has 68 valence electrons. The molecule has 0 fully saturated rings. The van der Waals surface area contributed by atoms with Crippen LogP contribution in [0.2, 0.25) is 0 Å². The molecule has 0 unspecified atom stereocenters. The molecule has 0 aromatic heterocycles. The number of anilines is 1. The van der Waals surface area contributed by atoms with Gasteiger partial charge in [0, 0.05) is 19.3 Å². The quantitative estimate of drug-likeness (QED) is 0.400. The summed E-state index contributed by atoms with van der Waals surface area (Å²) in [5.74, 6) is 0. The van der Waals surface area contributed by atoms with E-state index < -0.39 is 0 Å². The third-order valence-corrected chi connectivity index (χ3v) is 2.44. The van der Waals surface area contributed by atoms with Crippen molar-refractivity contribution in [2.45, 2.75) is 6.42 Å². The Labute approximate surface area is 77.3 Å². The van der Waals surface area contributed by atoms with Gasteiger partial charge in [-0.15, -0.1) is 0 Å². The monoisotopic (exact) mass is 176 g/mol. The lowest BCUT2D eigenvalue weighted by Gasteiger charge is -2.11. The van der Waals surface area contributed by atoms with Crippen LogP contribution in [0.25, 0.3) is 0 Å². The maximum atomic E-state index is 8.38. The summed E-state index contributed by atoms with van der Waals surface area (Å²) in [5, 5.41) is 11.4. The van der Waals surface area contributed by atoms with Crippen molar-refractivity contribution in [3.8, 4) is 0 Å². The standard InChI is InChI=1S/C10H12N2O/c1-12-5-4-9-6-8(7-11-13)2-3-10(9)12/h2-3,6-7,13H,4-5H2,1H3. The van der Waals surface area contributed by atoms with Crippen molar-refractivity contribution in [3.05, 3.63) is 29.3 Å². The van der Waals surface area contributed by atoms with Crippen molar-refractivity contribution in [2.75, 3.05) is 18.5 Å². The summed E-state index contributed by atoms with van der Waals surface area (Å²) < 4.78 is 0. The summed E-state index contributed by atoms with van der Waals surface area (Å²) in [6.07, 6.45) is 2.54. The Hall–Kier alpha value is -1.51. The molecule has 1 heterocycles. The van der Waals surface area contributed by atoms with Crippen LogP contribution in [0.5, 0.6) is 0 Å². The molecular weight excluding hydrogens is 164 g/mol. The number of benzene rings is 1. The summed E-state index contributed by atoms with van der Waals surface area (Å²) in [4.78, 5) is 2.23. The number of nitrogens with zero attached hydrogens (tertiary/aromatic N) is 2. The molecule has 1 N–H and O–H groups in total. The first kappa shape index (κ1) is 8.10. The largest absolute Gasteiger partial charge is 0.411 e. The Balaban J connectivity index is 2.39. The van der Waals surface area contributed by atoms with Crippen molar-refractivity contribution in [1.82, 2.24) is 0 Å². The van der Waals surface area contributed by atoms with Gasteiger partial charge in [-0.05, 0) is 29.7 Å². The fraction of sp³-hybridized carbons (Fsp3) is 0.300. The molecule has 0 saturated heterocycles. The smallest absolute Gasteiger partial charge is 0.0733 e. The van der Waals surface area contributed by atoms with Gasteiger partial charge >= 0.3 is 0 Å². The first-order chi connectivity index (χ1) is 6.31. The van der Waals surface area contributed by atoms with Gasteiger partial charge in [0.2, 0.25) is 0 Å². The fourth-order valence-corrected chi connectivity index (χ4v) is 1.73. The third-order valence-electron chi connectivity index (χ3n) is 2.44. The Morgan fingerprint density at radius 2 is 2.38 bits per heavy atom. The zero-order valence-electron chi connectivity index (χ0n) is 7.57. The Bertz CT molecular complexity index is 347. The second-order valence-electron chi connectivity index (χ2n) is 3.30. The first-order valence-electron chi connectivity index (χ1n) is 4.33. The lowest BCUT2D eigenvalue weighted by atomic mass is 10.1. The van der Waals surface area contributed by atoms with Crippen LogP contribution in [-0.2, 0) is 6.42 Å². The highest BCUT2D eigenvalue weighted by Gasteiger charge is 2.14. The lowest BCUT2D eigenvalue weighted by molar-refractivity contribution is 0.322. The van der Waals surface area contributed by atoms with Gasteiger partial charge in [-0.1, -0.05) is 11.2 Å². The van der Waals surface area contributed by atoms with E-state index in [9.17, 15) is 0 Å². The van der Waals surface area contributed by atoms with Crippen molar-refractivity contribution >= 4 is 11.9 Å². The molecule has 3 heteroatoms. The highest BCUT2D eigenvalue weighted by molar-refractivity contribution is 5.81. The van der Waals surface area contributed by atoms with Gasteiger partial charge in [0.25, 0.3) is 0 Å². The van der Waals surface area contributed by atoms with E-state index in [2.05, 4.69) is 29.2 Å². The van der Waals surface area contributed by atoms with Crippen LogP contribution in [0, 0.1) is 0 Å². The molecule has 2 rings (SSSR count). The zero-order chi connectivity index (χ0) is 9.26. The van der Waals surface area contributed by atoms with E-state index in [0.29, 0.717) is 0 Å². The lowest BCUT2D eigenvalue weighted by Crippen LogP contribution is -2.12. The maximum Gasteiger partial charge on any atom is 0.0733 e. The average Bonchev–Trinajstić information content (AvgIpc) is 2.48. The molecule has 0 spiro atoms. The number of fused-ring (bicyclic) bond motifs is 1. The topological polar surface area (TPSA) is 35.8 Å². The summed E-state index contributed by atoms with van der Waals surface area (Å²) in [6.45, 7) is 1.08. The molecule has 0 radical (unpaired) electrons. The van der Waals surface area contributed by atoms with Crippen LogP contribution in [0.1, 0.15) is 11.1 Å². The second-order valence-corrected chi connectivity index (χ2v) is 3.30. The molecule has 0 bridgehead atoms. The molecule has 1 aliphatic rings. The average molecular weight is 176 g/mol. The van der Waals surface area contributed by atoms with E-state index in [0.717, 1.165) is 18.5 Å². The van der Waals surface area contributed by atoms with Gasteiger partial charge in [0.05, 0.1) is 6.21 Å². The predicted octanol–water partition coefficient (Wildman–Crippen LogP) is 1.49. The summed E-state index contributed by atoms with van der Waals surface area (Å²) >= 11 is 0. The minimum absolute atomic E-state index is 0.955. The molecule has 1 aromatic rings. The minimum atomic E-state index is 0.955. The molecule has 13 heavy (non-hydrogen) atoms. The summed E-state index contributed by atoms with van der Waals surface area (Å²) in [7, 11) is 2.09. The van der Waals surface area contributed by atoms with Crippen molar-refractivity contribution < 1.29 is 5.21 Å². The zero-order valence-corrected chi connectivity index (χ0v) is 7.57. The number of hydrogen-bond acceptors (Lipinski definition) is 3. The van der Waals surface area contributed by atoms with E-state index in [1.54, 1.807) is 0 Å². The number of hydrogen-bond donors (Lipinski definition) is 1. The van der Waals surface area contributed by atoms with Gasteiger partial charge in [-0.3, -0.25) is 0 Å². The highest BCUT2D eigenvalue weighted by Crippen LogP contribution is 2.26. The highest BCUT2D eigenvalue weighted by atomic mass is 16.4. The van der Waals surface area contributed by atoms with E-state index in [4.69, 9.17) is 5.21 Å². The Morgan fingerprint density at radius 1 is 1.54 bits per heavy atom. The number of likely N-dealkylation sites (N-methyl/N-ethyl adjacent to an activating group) is 1. The van der Waals surface area contributed by atoms with Crippen molar-refractivity contribution in [3.63, 3.8) is 0 Å². The number of rotatable bonds is 1. The summed E-state index contributed by atoms with van der Waals surface area (Å²) in [5.41, 5.74) is 3.58. The van der Waals surface area contributed by atoms with Gasteiger partial charge in [0.1, 0.15) is 0 Å². The van der Waals surface area contributed by atoms with Crippen LogP contribution in [0.3, 0.4) is 0 Å². The van der Waals surface area contributed by atoms with Gasteiger partial charge in [-0.25, -0.2) is 0 Å². The van der Waals surface area contributed by atoms with Gasteiger partial charge < -0.3 is 10.1 Å². The molecular formula is C10H12N2O. The molecule has 3 nitrogen and oxygen atoms in total. The van der Waals surface area contributed by atoms with Crippen LogP contribution >= 0.6 is 0 Å². The van der Waals surface area contributed by atoms with Gasteiger partial charge in [0.15, 0.2) is 0 Å². The number of oxime groups is 1. The van der Waals surface area contributed by atoms with Gasteiger partial charge in [-0.2, -0.15) is 0 Å². The third kappa shape index (κ3) is 1.37. The predicted molar refractivity (Wildman–Crippen MR) is 52.8 cm³/mol. The van der Waals surface area contributed by atoms with Crippen LogP contribution in [0.15, 0.2) is 23.4 Å². The van der Waals surface area contributed by atoms with E-state index in [-0.39, 0.29) is 0 Å². The molecule has 0 saturated carbocycles. The first-order valence-corrected chi connectivity index (χ1v) is 4.33. The van der Waals surface area contributed by atoms with Crippen LogP contribution < -0.4 is 4.90 Å². The second kappa shape index (κ2) is 3.09. The normalized spacial score (nSPS) is 15.3. The molecule has 1 aromatic carbocycles. The van der Waals surface area contributed by atoms with Crippen molar-refractivity contribution in [2.24, 2.45) is 5.16 Å². The summed E-state index contributed by atoms with van der Waals surface area (Å²) in [6, 6.07) is 6.10. The van der Waals surface area contributed by atoms with Crippen LogP contribution in [0.4, 0.5) is 5.69 Å². The van der Waals surface area contributed by atoms with E-state index >= 15 is 0 Å². The molecule has 0 amide bonds. The molecule has 1 aliphatic heterocycles. The SMILES string of the molecule is CN1CCc2cc(C=NO)ccc21. The van der Waals surface area contributed by atoms with Crippen LogP contribution in [-0.4, -0.2) is 25.0 Å².